The van der Waals surface area contributed by atoms with Gasteiger partial charge in [0.25, 0.3) is 0 Å². The van der Waals surface area contributed by atoms with Gasteiger partial charge in [0.2, 0.25) is 33.7 Å². The summed E-state index contributed by atoms with van der Waals surface area (Å²) < 4.78 is 31.6. The third kappa shape index (κ3) is 13.9. The van der Waals surface area contributed by atoms with Gasteiger partial charge in [-0.1, -0.05) is 68.8 Å². The number of methoxy groups -OCH3 is 1. The van der Waals surface area contributed by atoms with E-state index in [1.165, 1.54) is 22.4 Å². The SMILES string of the molecule is COc1cc(N2CCN(CC3CCN(CC(=O)N[C@H](C(=O)N4C[C@H](O)C[C@H]4C(=O)NCc4ccc(-c5scnc5C)cc4)C(C)(C)C)CC3)CC2)ccc1Nc1ncc(Cl)c(Nc2ccccc2N(C)S(C)(=O)=O)n1. The molecule has 3 fully saturated rings. The molecule has 3 saturated heterocycles. The quantitative estimate of drug-likeness (QED) is 0.0671. The molecule has 5 heterocycles. The van der Waals surface area contributed by atoms with Gasteiger partial charge in [-0.25, -0.2) is 18.4 Å². The zero-order valence-electron chi connectivity index (χ0n) is 43.7. The van der Waals surface area contributed by atoms with Crippen LogP contribution in [0.1, 0.15) is 51.3 Å². The fourth-order valence-corrected chi connectivity index (χ4v) is 11.3. The van der Waals surface area contributed by atoms with Crippen LogP contribution in [0.15, 0.2) is 78.4 Å². The number of nitrogens with zero attached hydrogens (tertiary/aromatic N) is 8. The van der Waals surface area contributed by atoms with Gasteiger partial charge in [0.1, 0.15) is 22.9 Å². The summed E-state index contributed by atoms with van der Waals surface area (Å²) in [6, 6.07) is 19.1. The molecular weight excluding hydrogens is 1020 g/mol. The van der Waals surface area contributed by atoms with E-state index in [2.05, 4.69) is 50.9 Å². The van der Waals surface area contributed by atoms with E-state index in [0.717, 1.165) is 92.3 Å². The molecule has 3 aromatic carbocycles. The Labute approximate surface area is 449 Å². The number of anilines is 6. The molecule has 0 aliphatic carbocycles. The average molecular weight is 1090 g/mol. The Morgan fingerprint density at radius 3 is 2.33 bits per heavy atom. The number of carbonyl (C=O) groups is 3. The van der Waals surface area contributed by atoms with E-state index < -0.39 is 33.6 Å². The summed E-state index contributed by atoms with van der Waals surface area (Å²) in [7, 11) is -0.426. The Balaban J connectivity index is 0.781. The summed E-state index contributed by atoms with van der Waals surface area (Å²) in [4.78, 5) is 64.3. The van der Waals surface area contributed by atoms with Gasteiger partial charge in [0.05, 0.1) is 65.4 Å². The van der Waals surface area contributed by atoms with Gasteiger partial charge in [-0.3, -0.25) is 28.5 Å². The molecule has 3 aliphatic heterocycles. The first-order valence-corrected chi connectivity index (χ1v) is 28.4. The Morgan fingerprint density at radius 1 is 0.947 bits per heavy atom. The fraction of sp³-hybridized carbons (Fsp3) is 0.472. The second-order valence-corrected chi connectivity index (χ2v) is 24.0. The zero-order valence-corrected chi connectivity index (χ0v) is 46.1. The number of amides is 3. The molecule has 3 atom stereocenters. The number of likely N-dealkylation sites (tertiary alicyclic amines) is 2. The number of piperidine rings is 1. The monoisotopic (exact) mass is 1080 g/mol. The van der Waals surface area contributed by atoms with Crippen LogP contribution in [0.25, 0.3) is 10.4 Å². The Kier molecular flexibility index (Phi) is 17.5. The van der Waals surface area contributed by atoms with E-state index in [4.69, 9.17) is 16.3 Å². The third-order valence-electron chi connectivity index (χ3n) is 14.2. The summed E-state index contributed by atoms with van der Waals surface area (Å²) in [5, 5.41) is 23.3. The number of aliphatic hydroxyl groups is 1. The first-order valence-electron chi connectivity index (χ1n) is 25.3. The lowest BCUT2D eigenvalue weighted by molar-refractivity contribution is -0.144. The van der Waals surface area contributed by atoms with Crippen molar-refractivity contribution in [2.24, 2.45) is 11.3 Å². The average Bonchev–Trinajstić information content (AvgIpc) is 4.01. The van der Waals surface area contributed by atoms with Gasteiger partial charge in [0.15, 0.2) is 5.82 Å². The molecular formula is C53H69ClN12O7S2. The molecule has 5 N–H and O–H groups in total. The molecule has 5 aromatic rings. The van der Waals surface area contributed by atoms with Crippen LogP contribution in [-0.2, 0) is 31.0 Å². The number of piperazine rings is 1. The molecule has 0 bridgehead atoms. The zero-order chi connectivity index (χ0) is 53.6. The molecule has 402 valence electrons. The number of halogens is 1. The van der Waals surface area contributed by atoms with E-state index >= 15 is 0 Å². The first kappa shape index (κ1) is 55.1. The van der Waals surface area contributed by atoms with Crippen molar-refractivity contribution in [2.45, 2.75) is 71.7 Å². The summed E-state index contributed by atoms with van der Waals surface area (Å²) in [5.41, 5.74) is 6.73. The van der Waals surface area contributed by atoms with Crippen LogP contribution in [-0.4, -0.2) is 158 Å². The predicted molar refractivity (Wildman–Crippen MR) is 296 cm³/mol. The number of benzene rings is 3. The largest absolute Gasteiger partial charge is 0.494 e. The van der Waals surface area contributed by atoms with Gasteiger partial charge < -0.3 is 40.9 Å². The van der Waals surface area contributed by atoms with Gasteiger partial charge in [-0.15, -0.1) is 11.3 Å². The lowest BCUT2D eigenvalue weighted by Gasteiger charge is -2.40. The number of sulfonamides is 1. The summed E-state index contributed by atoms with van der Waals surface area (Å²) in [5.74, 6) is 0.712. The number of nitrogens with one attached hydrogen (secondary N) is 4. The Morgan fingerprint density at radius 2 is 1.67 bits per heavy atom. The first-order chi connectivity index (χ1) is 35.7. The van der Waals surface area contributed by atoms with Crippen molar-refractivity contribution in [1.29, 1.82) is 0 Å². The standard InChI is InChI=1S/C53H69ClN12O7S2/c1-34-47(74-33-57-34)37-14-12-35(13-15-37)28-55-50(69)44-27-39(67)31-66(44)51(70)48(53(2,3)4)60-46(68)32-63-20-18-36(19-21-63)30-64-22-24-65(25-23-64)38-16-17-42(45(26-38)73-6)59-52-56-29-40(54)49(61-52)58-41-10-8-9-11-43(41)62(5)75(7,71)72/h8-17,26,29,33,36,39,44,48,67H,18-25,27-28,30-32H2,1-7H3,(H,55,69)(H,60,68)(H2,56,58,59,61)/t39-,44+,48-/m1/s1. The molecule has 0 unspecified atom stereocenters. The number of carbonyl (C=O) groups excluding carboxylic acids is 3. The molecule has 75 heavy (non-hydrogen) atoms. The van der Waals surface area contributed by atoms with E-state index in [0.29, 0.717) is 34.5 Å². The molecule has 3 aliphatic rings. The highest BCUT2D eigenvalue weighted by Crippen LogP contribution is 2.36. The molecule has 0 saturated carbocycles. The number of rotatable bonds is 18. The van der Waals surface area contributed by atoms with Crippen LogP contribution >= 0.6 is 22.9 Å². The highest BCUT2D eigenvalue weighted by molar-refractivity contribution is 7.92. The van der Waals surface area contributed by atoms with Crippen LogP contribution in [0.2, 0.25) is 5.02 Å². The summed E-state index contributed by atoms with van der Waals surface area (Å²) in [6.07, 6.45) is 3.80. The van der Waals surface area contributed by atoms with Crippen molar-refractivity contribution < 1.29 is 32.6 Å². The summed E-state index contributed by atoms with van der Waals surface area (Å²) in [6.45, 7) is 14.2. The molecule has 22 heteroatoms. The van der Waals surface area contributed by atoms with Gasteiger partial charge in [0, 0.05) is 71.0 Å². The maximum atomic E-state index is 14.2. The van der Waals surface area contributed by atoms with Gasteiger partial charge >= 0.3 is 0 Å². The number of aromatic nitrogens is 3. The van der Waals surface area contributed by atoms with Gasteiger partial charge in [-0.05, 0) is 79.6 Å². The number of ether oxygens (including phenoxy) is 1. The number of aliphatic hydroxyl groups excluding tert-OH is 1. The second-order valence-electron chi connectivity index (χ2n) is 20.7. The fourth-order valence-electron chi connectivity index (χ4n) is 9.85. The van der Waals surface area contributed by atoms with Crippen molar-refractivity contribution >= 4 is 85.2 Å². The number of hydrogen-bond donors (Lipinski definition) is 5. The molecule has 19 nitrogen and oxygen atoms in total. The van der Waals surface area contributed by atoms with Crippen molar-refractivity contribution in [1.82, 2.24) is 40.3 Å². The minimum absolute atomic E-state index is 0.0168. The Bertz CT molecular complexity index is 2920. The minimum atomic E-state index is -3.52. The van der Waals surface area contributed by atoms with Crippen LogP contribution < -0.4 is 35.2 Å². The van der Waals surface area contributed by atoms with Crippen LogP contribution in [0.5, 0.6) is 5.75 Å². The van der Waals surface area contributed by atoms with E-state index in [-0.39, 0.29) is 54.7 Å². The van der Waals surface area contributed by atoms with E-state index in [1.54, 1.807) is 42.7 Å². The van der Waals surface area contributed by atoms with E-state index in [9.17, 15) is 27.9 Å². The molecule has 0 radical (unpaired) electrons. The molecule has 8 rings (SSSR count). The van der Waals surface area contributed by atoms with Crippen molar-refractivity contribution in [2.75, 3.05) is 99.2 Å². The topological polar surface area (TPSA) is 218 Å². The van der Waals surface area contributed by atoms with Crippen LogP contribution in [0, 0.1) is 18.3 Å². The number of aryl methyl sites for hydroxylation is 1. The number of hydrogen-bond acceptors (Lipinski definition) is 16. The maximum Gasteiger partial charge on any atom is 0.246 e. The predicted octanol–water partition coefficient (Wildman–Crippen LogP) is 6.10. The van der Waals surface area contributed by atoms with Crippen molar-refractivity contribution in [3.8, 4) is 16.2 Å². The van der Waals surface area contributed by atoms with Crippen molar-refractivity contribution in [3.63, 3.8) is 0 Å². The Hall–Kier alpha value is -6.10. The second kappa shape index (κ2) is 23.8. The van der Waals surface area contributed by atoms with E-state index in [1.807, 2.05) is 75.7 Å². The third-order valence-corrected chi connectivity index (χ3v) is 16.7. The highest BCUT2D eigenvalue weighted by atomic mass is 35.5. The minimum Gasteiger partial charge on any atom is -0.494 e. The number of thiazole rings is 1. The normalized spacial score (nSPS) is 18.4. The highest BCUT2D eigenvalue weighted by Gasteiger charge is 2.44. The lowest BCUT2D eigenvalue weighted by atomic mass is 9.85. The molecule has 0 spiro atoms. The van der Waals surface area contributed by atoms with Gasteiger partial charge in [-0.2, -0.15) is 4.98 Å². The molecule has 3 amide bonds. The molecule has 2 aromatic heterocycles. The lowest BCUT2D eigenvalue weighted by Crippen LogP contribution is -2.59. The van der Waals surface area contributed by atoms with Crippen LogP contribution in [0.4, 0.5) is 34.5 Å². The van der Waals surface area contributed by atoms with Crippen molar-refractivity contribution in [3.05, 3.63) is 94.7 Å². The van der Waals surface area contributed by atoms with Crippen LogP contribution in [0.3, 0.4) is 0 Å². The smallest absolute Gasteiger partial charge is 0.246 e. The maximum absolute atomic E-state index is 14.2. The number of β-amino-alcohol motifs (C(OH)–C–C–N with tert-alkyl or cyclic N) is 1. The number of para-hydroxylation sites is 2. The summed E-state index contributed by atoms with van der Waals surface area (Å²) >= 11 is 8.07.